The van der Waals surface area contributed by atoms with Crippen molar-refractivity contribution in [3.8, 4) is 5.75 Å². The van der Waals surface area contributed by atoms with Gasteiger partial charge in [0.25, 0.3) is 0 Å². The first-order valence-electron chi connectivity index (χ1n) is 7.06. The van der Waals surface area contributed by atoms with Crippen LogP contribution in [0.1, 0.15) is 44.2 Å². The van der Waals surface area contributed by atoms with Crippen LogP contribution in [0.25, 0.3) is 0 Å². The lowest BCUT2D eigenvalue weighted by Crippen LogP contribution is -2.41. The molecule has 0 bridgehead atoms. The first-order chi connectivity index (χ1) is 8.58. The predicted molar refractivity (Wildman–Crippen MR) is 76.3 cm³/mol. The maximum atomic E-state index is 6.30. The van der Waals surface area contributed by atoms with Crippen molar-refractivity contribution in [2.75, 3.05) is 13.1 Å². The van der Waals surface area contributed by atoms with E-state index in [2.05, 4.69) is 51.2 Å². The average Bonchev–Trinajstić information content (AvgIpc) is 2.32. The van der Waals surface area contributed by atoms with E-state index in [0.29, 0.717) is 17.9 Å². The summed E-state index contributed by atoms with van der Waals surface area (Å²) in [6.07, 6.45) is 1.46. The summed E-state index contributed by atoms with van der Waals surface area (Å²) in [7, 11) is 0. The molecule has 0 aliphatic carbocycles. The highest BCUT2D eigenvalue weighted by molar-refractivity contribution is 5.39. The Hall–Kier alpha value is -1.02. The number of hydrogen-bond donors (Lipinski definition) is 1. The minimum absolute atomic E-state index is 0.352. The van der Waals surface area contributed by atoms with E-state index in [0.717, 1.165) is 25.3 Å². The van der Waals surface area contributed by atoms with E-state index >= 15 is 0 Å². The number of benzene rings is 1. The number of nitrogens with one attached hydrogen (secondary N) is 1. The van der Waals surface area contributed by atoms with Crippen molar-refractivity contribution < 1.29 is 4.74 Å². The van der Waals surface area contributed by atoms with Crippen LogP contribution in [-0.4, -0.2) is 19.2 Å². The Morgan fingerprint density at radius 1 is 1.33 bits per heavy atom. The highest BCUT2D eigenvalue weighted by atomic mass is 16.5. The zero-order chi connectivity index (χ0) is 13.1. The molecule has 1 N–H and O–H groups in total. The molecule has 0 spiro atoms. The fourth-order valence-corrected chi connectivity index (χ4v) is 2.55. The van der Waals surface area contributed by atoms with Crippen molar-refractivity contribution in [1.29, 1.82) is 0 Å². The molecule has 2 heteroatoms. The summed E-state index contributed by atoms with van der Waals surface area (Å²) in [4.78, 5) is 0. The molecule has 1 aromatic rings. The van der Waals surface area contributed by atoms with Gasteiger partial charge in [-0.15, -0.1) is 0 Å². The second-order valence-corrected chi connectivity index (χ2v) is 5.82. The SMILES string of the molecule is Cc1ccc(C(C)C)c(OC2CCNCC2C)c1. The second kappa shape index (κ2) is 5.75. The summed E-state index contributed by atoms with van der Waals surface area (Å²) in [5, 5.41) is 3.42. The summed E-state index contributed by atoms with van der Waals surface area (Å²) < 4.78 is 6.30. The standard InChI is InChI=1S/C16H25NO/c1-11(2)14-6-5-12(3)9-16(14)18-15-7-8-17-10-13(15)4/h5-6,9,11,13,15,17H,7-8,10H2,1-4H3. The third-order valence-corrected chi connectivity index (χ3v) is 3.78. The van der Waals surface area contributed by atoms with Crippen molar-refractivity contribution in [1.82, 2.24) is 5.32 Å². The maximum Gasteiger partial charge on any atom is 0.123 e. The van der Waals surface area contributed by atoms with Crippen LogP contribution in [0.2, 0.25) is 0 Å². The lowest BCUT2D eigenvalue weighted by atomic mass is 9.97. The third kappa shape index (κ3) is 3.05. The highest BCUT2D eigenvalue weighted by Crippen LogP contribution is 2.30. The average molecular weight is 247 g/mol. The summed E-state index contributed by atoms with van der Waals surface area (Å²) >= 11 is 0. The Balaban J connectivity index is 2.18. The Morgan fingerprint density at radius 2 is 2.11 bits per heavy atom. The molecule has 1 aliphatic heterocycles. The Bertz CT molecular complexity index is 400. The van der Waals surface area contributed by atoms with Gasteiger partial charge < -0.3 is 10.1 Å². The highest BCUT2D eigenvalue weighted by Gasteiger charge is 2.23. The third-order valence-electron chi connectivity index (χ3n) is 3.78. The molecule has 0 radical (unpaired) electrons. The van der Waals surface area contributed by atoms with Crippen LogP contribution in [-0.2, 0) is 0 Å². The van der Waals surface area contributed by atoms with E-state index in [9.17, 15) is 0 Å². The number of aryl methyl sites for hydroxylation is 1. The van der Waals surface area contributed by atoms with Gasteiger partial charge in [0, 0.05) is 12.5 Å². The zero-order valence-electron chi connectivity index (χ0n) is 12.0. The molecule has 2 rings (SSSR count). The number of piperidine rings is 1. The Morgan fingerprint density at radius 3 is 2.78 bits per heavy atom. The van der Waals surface area contributed by atoms with Gasteiger partial charge in [-0.2, -0.15) is 0 Å². The van der Waals surface area contributed by atoms with Crippen LogP contribution >= 0.6 is 0 Å². The summed E-state index contributed by atoms with van der Waals surface area (Å²) in [6.45, 7) is 11.0. The van der Waals surface area contributed by atoms with Gasteiger partial charge in [-0.1, -0.05) is 32.9 Å². The van der Waals surface area contributed by atoms with Gasteiger partial charge in [-0.05, 0) is 43.0 Å². The molecule has 100 valence electrons. The van der Waals surface area contributed by atoms with E-state index in [1.165, 1.54) is 11.1 Å². The van der Waals surface area contributed by atoms with Crippen LogP contribution in [0.3, 0.4) is 0 Å². The number of hydrogen-bond acceptors (Lipinski definition) is 2. The van der Waals surface area contributed by atoms with Crippen molar-refractivity contribution in [3.05, 3.63) is 29.3 Å². The Labute approximate surface area is 111 Å². The molecule has 1 saturated heterocycles. The molecule has 2 unspecified atom stereocenters. The second-order valence-electron chi connectivity index (χ2n) is 5.82. The van der Waals surface area contributed by atoms with Gasteiger partial charge in [-0.3, -0.25) is 0 Å². The molecule has 2 nitrogen and oxygen atoms in total. The van der Waals surface area contributed by atoms with Crippen molar-refractivity contribution in [3.63, 3.8) is 0 Å². The molecule has 1 aromatic carbocycles. The molecular weight excluding hydrogens is 222 g/mol. The van der Waals surface area contributed by atoms with Gasteiger partial charge in [-0.25, -0.2) is 0 Å². The van der Waals surface area contributed by atoms with Crippen LogP contribution in [0.5, 0.6) is 5.75 Å². The lowest BCUT2D eigenvalue weighted by Gasteiger charge is -2.31. The molecule has 18 heavy (non-hydrogen) atoms. The topological polar surface area (TPSA) is 21.3 Å². The number of rotatable bonds is 3. The van der Waals surface area contributed by atoms with Crippen LogP contribution in [0, 0.1) is 12.8 Å². The summed E-state index contributed by atoms with van der Waals surface area (Å²) in [5.74, 6) is 2.18. The molecule has 2 atom stereocenters. The zero-order valence-corrected chi connectivity index (χ0v) is 12.0. The van der Waals surface area contributed by atoms with Crippen molar-refractivity contribution >= 4 is 0 Å². The van der Waals surface area contributed by atoms with E-state index in [4.69, 9.17) is 4.74 Å². The first-order valence-corrected chi connectivity index (χ1v) is 7.06. The van der Waals surface area contributed by atoms with Gasteiger partial charge in [0.05, 0.1) is 0 Å². The lowest BCUT2D eigenvalue weighted by molar-refractivity contribution is 0.110. The molecule has 1 heterocycles. The van der Waals surface area contributed by atoms with Gasteiger partial charge in [0.2, 0.25) is 0 Å². The molecule has 0 saturated carbocycles. The molecular formula is C16H25NO. The van der Waals surface area contributed by atoms with E-state index in [-0.39, 0.29) is 0 Å². The van der Waals surface area contributed by atoms with Gasteiger partial charge in [0.1, 0.15) is 11.9 Å². The van der Waals surface area contributed by atoms with Crippen LogP contribution in [0.4, 0.5) is 0 Å². The fourth-order valence-electron chi connectivity index (χ4n) is 2.55. The van der Waals surface area contributed by atoms with E-state index in [1.807, 2.05) is 0 Å². The van der Waals surface area contributed by atoms with E-state index in [1.54, 1.807) is 0 Å². The molecule has 0 aromatic heterocycles. The minimum Gasteiger partial charge on any atom is -0.490 e. The number of ether oxygens (including phenoxy) is 1. The molecule has 0 amide bonds. The van der Waals surface area contributed by atoms with Crippen LogP contribution < -0.4 is 10.1 Å². The van der Waals surface area contributed by atoms with Crippen molar-refractivity contribution in [2.45, 2.75) is 46.1 Å². The smallest absolute Gasteiger partial charge is 0.123 e. The van der Waals surface area contributed by atoms with Crippen LogP contribution in [0.15, 0.2) is 18.2 Å². The predicted octanol–water partition coefficient (Wildman–Crippen LogP) is 3.50. The van der Waals surface area contributed by atoms with Gasteiger partial charge in [0.15, 0.2) is 0 Å². The quantitative estimate of drug-likeness (QED) is 0.882. The maximum absolute atomic E-state index is 6.30. The summed E-state index contributed by atoms with van der Waals surface area (Å²) in [6, 6.07) is 6.57. The summed E-state index contributed by atoms with van der Waals surface area (Å²) in [5.41, 5.74) is 2.60. The van der Waals surface area contributed by atoms with Crippen molar-refractivity contribution in [2.24, 2.45) is 5.92 Å². The first kappa shape index (κ1) is 13.4. The molecule has 1 aliphatic rings. The molecule has 1 fully saturated rings. The van der Waals surface area contributed by atoms with Gasteiger partial charge >= 0.3 is 0 Å². The fraction of sp³-hybridized carbons (Fsp3) is 0.625. The van der Waals surface area contributed by atoms with E-state index < -0.39 is 0 Å². The largest absolute Gasteiger partial charge is 0.490 e. The monoisotopic (exact) mass is 247 g/mol. The minimum atomic E-state index is 0.352. The Kier molecular flexibility index (Phi) is 4.28. The normalized spacial score (nSPS) is 24.3.